The maximum atomic E-state index is 12.0. The van der Waals surface area contributed by atoms with Crippen LogP contribution >= 0.6 is 0 Å². The number of carbonyl (C=O) groups excluding carboxylic acids is 2. The van der Waals surface area contributed by atoms with Crippen LogP contribution in [0.3, 0.4) is 0 Å². The van der Waals surface area contributed by atoms with E-state index in [1.54, 1.807) is 19.1 Å². The summed E-state index contributed by atoms with van der Waals surface area (Å²) >= 11 is 0. The number of ether oxygens (including phenoxy) is 1. The van der Waals surface area contributed by atoms with Crippen LogP contribution in [0.5, 0.6) is 0 Å². The first kappa shape index (κ1) is 16.0. The van der Waals surface area contributed by atoms with E-state index in [0.717, 1.165) is 5.56 Å². The summed E-state index contributed by atoms with van der Waals surface area (Å²) in [6, 6.07) is 5.13. The highest BCUT2D eigenvalue weighted by molar-refractivity contribution is 5.97. The Morgan fingerprint density at radius 2 is 1.95 bits per heavy atom. The Labute approximate surface area is 119 Å². The van der Waals surface area contributed by atoms with Gasteiger partial charge in [-0.15, -0.1) is 0 Å². The van der Waals surface area contributed by atoms with E-state index in [9.17, 15) is 9.59 Å². The Bertz CT molecular complexity index is 498. The molecule has 0 bridgehead atoms. The second-order valence-corrected chi connectivity index (χ2v) is 5.22. The Balaban J connectivity index is 2.66. The van der Waals surface area contributed by atoms with Crippen molar-refractivity contribution in [2.24, 2.45) is 5.92 Å². The number of nitrogen functional groups attached to an aromatic ring is 1. The molecule has 0 aliphatic rings. The molecule has 1 unspecified atom stereocenters. The van der Waals surface area contributed by atoms with Gasteiger partial charge in [0, 0.05) is 12.2 Å². The zero-order chi connectivity index (χ0) is 15.3. The van der Waals surface area contributed by atoms with Crippen LogP contribution in [-0.2, 0) is 9.53 Å². The third-order valence-corrected chi connectivity index (χ3v) is 2.88. The van der Waals surface area contributed by atoms with Crippen LogP contribution in [0.1, 0.15) is 36.7 Å². The summed E-state index contributed by atoms with van der Waals surface area (Å²) in [5, 5.41) is 2.72. The molecule has 20 heavy (non-hydrogen) atoms. The number of hydrogen-bond acceptors (Lipinski definition) is 4. The summed E-state index contributed by atoms with van der Waals surface area (Å²) in [5.74, 6) is -0.550. The van der Waals surface area contributed by atoms with Crippen LogP contribution in [0.25, 0.3) is 0 Å². The molecule has 3 N–H and O–H groups in total. The van der Waals surface area contributed by atoms with E-state index in [0.29, 0.717) is 18.2 Å². The molecule has 0 aliphatic carbocycles. The number of carbonyl (C=O) groups is 2. The number of rotatable bonds is 5. The topological polar surface area (TPSA) is 81.4 Å². The van der Waals surface area contributed by atoms with Gasteiger partial charge in [0.25, 0.3) is 5.91 Å². The number of para-hydroxylation sites is 1. The lowest BCUT2D eigenvalue weighted by Gasteiger charge is -2.15. The molecule has 1 aromatic carbocycles. The molecule has 0 spiro atoms. The summed E-state index contributed by atoms with van der Waals surface area (Å²) in [4.78, 5) is 23.7. The Morgan fingerprint density at radius 1 is 1.30 bits per heavy atom. The minimum absolute atomic E-state index is 0.286. The third kappa shape index (κ3) is 4.26. The van der Waals surface area contributed by atoms with E-state index < -0.39 is 12.1 Å². The largest absolute Gasteiger partial charge is 0.449 e. The van der Waals surface area contributed by atoms with Crippen molar-refractivity contribution in [2.75, 3.05) is 12.3 Å². The molecule has 0 aliphatic heterocycles. The number of anilines is 1. The number of nitrogens with one attached hydrogen (secondary N) is 1. The fourth-order valence-corrected chi connectivity index (χ4v) is 1.58. The lowest BCUT2D eigenvalue weighted by molar-refractivity contribution is -0.129. The standard InChI is InChI=1S/C15H22N2O3/c1-9(2)8-17-14(18)11(4)20-15(19)12-7-5-6-10(3)13(12)16/h5-7,9,11H,8,16H2,1-4H3,(H,17,18). The van der Waals surface area contributed by atoms with Gasteiger partial charge in [-0.05, 0) is 31.4 Å². The third-order valence-electron chi connectivity index (χ3n) is 2.88. The van der Waals surface area contributed by atoms with Gasteiger partial charge in [0.15, 0.2) is 6.10 Å². The van der Waals surface area contributed by atoms with Gasteiger partial charge in [-0.2, -0.15) is 0 Å². The molecule has 1 rings (SSSR count). The molecular weight excluding hydrogens is 256 g/mol. The lowest BCUT2D eigenvalue weighted by atomic mass is 10.1. The van der Waals surface area contributed by atoms with Crippen LogP contribution in [0, 0.1) is 12.8 Å². The maximum absolute atomic E-state index is 12.0. The average molecular weight is 278 g/mol. The molecule has 0 saturated heterocycles. The van der Waals surface area contributed by atoms with Gasteiger partial charge in [-0.25, -0.2) is 4.79 Å². The van der Waals surface area contributed by atoms with Gasteiger partial charge in [-0.3, -0.25) is 4.79 Å². The van der Waals surface area contributed by atoms with Gasteiger partial charge >= 0.3 is 5.97 Å². The normalized spacial score (nSPS) is 12.1. The van der Waals surface area contributed by atoms with E-state index in [1.165, 1.54) is 0 Å². The molecule has 5 nitrogen and oxygen atoms in total. The fraction of sp³-hybridized carbons (Fsp3) is 0.467. The van der Waals surface area contributed by atoms with Crippen molar-refractivity contribution in [2.45, 2.75) is 33.8 Å². The van der Waals surface area contributed by atoms with Gasteiger partial charge < -0.3 is 15.8 Å². The highest BCUT2D eigenvalue weighted by Crippen LogP contribution is 2.17. The molecular formula is C15H22N2O3. The summed E-state index contributed by atoms with van der Waals surface area (Å²) in [5.41, 5.74) is 7.30. The van der Waals surface area contributed by atoms with E-state index >= 15 is 0 Å². The molecule has 0 fully saturated rings. The highest BCUT2D eigenvalue weighted by Gasteiger charge is 2.20. The highest BCUT2D eigenvalue weighted by atomic mass is 16.5. The smallest absolute Gasteiger partial charge is 0.341 e. The predicted molar refractivity (Wildman–Crippen MR) is 78.3 cm³/mol. The molecule has 1 amide bonds. The Morgan fingerprint density at radius 3 is 2.55 bits per heavy atom. The summed E-state index contributed by atoms with van der Waals surface area (Å²) in [7, 11) is 0. The first-order valence-electron chi connectivity index (χ1n) is 6.66. The predicted octanol–water partition coefficient (Wildman–Crippen LogP) is 1.89. The first-order chi connectivity index (χ1) is 9.32. The van der Waals surface area contributed by atoms with Crippen molar-refractivity contribution < 1.29 is 14.3 Å². The molecule has 1 aromatic rings. The van der Waals surface area contributed by atoms with Gasteiger partial charge in [0.05, 0.1) is 5.56 Å². The van der Waals surface area contributed by atoms with Crippen molar-refractivity contribution >= 4 is 17.6 Å². The number of aryl methyl sites for hydroxylation is 1. The van der Waals surface area contributed by atoms with Crippen molar-refractivity contribution in [3.8, 4) is 0 Å². The zero-order valence-electron chi connectivity index (χ0n) is 12.4. The van der Waals surface area contributed by atoms with E-state index in [2.05, 4.69) is 5.32 Å². The van der Waals surface area contributed by atoms with Crippen LogP contribution in [-0.4, -0.2) is 24.5 Å². The van der Waals surface area contributed by atoms with Crippen LogP contribution in [0.15, 0.2) is 18.2 Å². The van der Waals surface area contributed by atoms with Gasteiger partial charge in [-0.1, -0.05) is 26.0 Å². The van der Waals surface area contributed by atoms with Crippen molar-refractivity contribution in [1.29, 1.82) is 0 Å². The maximum Gasteiger partial charge on any atom is 0.341 e. The molecule has 5 heteroatoms. The van der Waals surface area contributed by atoms with E-state index in [-0.39, 0.29) is 11.5 Å². The Kier molecular flexibility index (Phi) is 5.55. The summed E-state index contributed by atoms with van der Waals surface area (Å²) < 4.78 is 5.14. The zero-order valence-corrected chi connectivity index (χ0v) is 12.4. The quantitative estimate of drug-likeness (QED) is 0.636. The fourth-order valence-electron chi connectivity index (χ4n) is 1.58. The second kappa shape index (κ2) is 6.93. The minimum Gasteiger partial charge on any atom is -0.449 e. The summed E-state index contributed by atoms with van der Waals surface area (Å²) in [6.07, 6.45) is -0.846. The number of amides is 1. The van der Waals surface area contributed by atoms with E-state index in [4.69, 9.17) is 10.5 Å². The van der Waals surface area contributed by atoms with Crippen LogP contribution < -0.4 is 11.1 Å². The monoisotopic (exact) mass is 278 g/mol. The second-order valence-electron chi connectivity index (χ2n) is 5.22. The molecule has 0 saturated carbocycles. The molecule has 0 aromatic heterocycles. The van der Waals surface area contributed by atoms with Gasteiger partial charge in [0.2, 0.25) is 0 Å². The molecule has 0 radical (unpaired) electrons. The Hall–Kier alpha value is -2.04. The molecule has 110 valence electrons. The van der Waals surface area contributed by atoms with Crippen LogP contribution in [0.2, 0.25) is 0 Å². The SMILES string of the molecule is Cc1cccc(C(=O)OC(C)C(=O)NCC(C)C)c1N. The van der Waals surface area contributed by atoms with Crippen molar-refractivity contribution in [3.63, 3.8) is 0 Å². The van der Waals surface area contributed by atoms with Crippen molar-refractivity contribution in [3.05, 3.63) is 29.3 Å². The van der Waals surface area contributed by atoms with Crippen LogP contribution in [0.4, 0.5) is 5.69 Å². The van der Waals surface area contributed by atoms with Gasteiger partial charge in [0.1, 0.15) is 0 Å². The number of esters is 1. The van der Waals surface area contributed by atoms with E-state index in [1.807, 2.05) is 26.8 Å². The molecule has 1 atom stereocenters. The number of hydrogen-bond donors (Lipinski definition) is 2. The summed E-state index contributed by atoms with van der Waals surface area (Å²) in [6.45, 7) is 7.88. The minimum atomic E-state index is -0.846. The number of nitrogens with two attached hydrogens (primary N) is 1. The average Bonchev–Trinajstić information content (AvgIpc) is 2.38. The lowest BCUT2D eigenvalue weighted by Crippen LogP contribution is -2.37. The van der Waals surface area contributed by atoms with Crippen molar-refractivity contribution in [1.82, 2.24) is 5.32 Å². The number of benzene rings is 1. The molecule has 0 heterocycles. The first-order valence-corrected chi connectivity index (χ1v) is 6.66.